The van der Waals surface area contributed by atoms with Gasteiger partial charge in [-0.25, -0.2) is 4.98 Å². The molecular weight excluding hydrogens is 535 g/mol. The van der Waals surface area contributed by atoms with Gasteiger partial charge in [0.1, 0.15) is 22.3 Å². The van der Waals surface area contributed by atoms with E-state index in [2.05, 4.69) is 20.5 Å². The van der Waals surface area contributed by atoms with Gasteiger partial charge >= 0.3 is 6.18 Å². The Labute approximate surface area is 223 Å². The lowest BCUT2D eigenvalue weighted by Crippen LogP contribution is -2.22. The van der Waals surface area contributed by atoms with Gasteiger partial charge in [0, 0.05) is 11.8 Å². The van der Waals surface area contributed by atoms with E-state index in [-0.39, 0.29) is 18.1 Å². The largest absolute Gasteiger partial charge is 0.467 e. The number of halogens is 3. The van der Waals surface area contributed by atoms with Crippen LogP contribution in [0.3, 0.4) is 0 Å². The number of benzene rings is 2. The Bertz CT molecular complexity index is 1520. The molecule has 0 radical (unpaired) electrons. The molecule has 0 saturated heterocycles. The molecule has 2 aromatic carbocycles. The maximum Gasteiger partial charge on any atom is 0.416 e. The van der Waals surface area contributed by atoms with Crippen molar-refractivity contribution in [1.82, 2.24) is 25.1 Å². The zero-order chi connectivity index (χ0) is 26.5. The fraction of sp³-hybridized carbons (Fsp3) is 0.154. The summed E-state index contributed by atoms with van der Waals surface area (Å²) in [5.41, 5.74) is 0.793. The monoisotopic (exact) mass is 555 g/mol. The molecule has 0 bridgehead atoms. The molecule has 12 heteroatoms. The van der Waals surface area contributed by atoms with Crippen molar-refractivity contribution in [2.45, 2.75) is 30.1 Å². The topological polar surface area (TPSA) is 85.8 Å². The summed E-state index contributed by atoms with van der Waals surface area (Å²) in [6.45, 7) is 0.248. The van der Waals surface area contributed by atoms with Crippen LogP contribution in [0.25, 0.3) is 5.69 Å². The molecule has 38 heavy (non-hydrogen) atoms. The number of carbonyl (C=O) groups is 1. The number of thioether (sulfide) groups is 1. The van der Waals surface area contributed by atoms with Crippen molar-refractivity contribution in [2.24, 2.45) is 0 Å². The normalized spacial score (nSPS) is 11.6. The Hall–Kier alpha value is -3.90. The van der Waals surface area contributed by atoms with E-state index in [1.807, 2.05) is 30.3 Å². The van der Waals surface area contributed by atoms with Gasteiger partial charge in [-0.2, -0.15) is 13.2 Å². The molecule has 0 spiro atoms. The number of hydrogen-bond acceptors (Lipinski definition) is 7. The standard InChI is InChI=1S/C26H20F3N5O2S2/c27-26(28,29)18-8-4-9-19(13-18)34-22(12-17-6-2-1-3-7-17)32-33-25(34)38-16-23-31-21(15-37-23)24(35)30-14-20-10-5-11-36-20/h1-11,13,15H,12,14,16H2,(H,30,35). The summed E-state index contributed by atoms with van der Waals surface area (Å²) in [6.07, 6.45) is -2.56. The molecule has 7 nitrogen and oxygen atoms in total. The number of aromatic nitrogens is 4. The van der Waals surface area contributed by atoms with E-state index in [1.54, 1.807) is 28.1 Å². The molecule has 0 aliphatic heterocycles. The van der Waals surface area contributed by atoms with E-state index < -0.39 is 11.7 Å². The van der Waals surface area contributed by atoms with Crippen molar-refractivity contribution in [3.05, 3.63) is 112 Å². The van der Waals surface area contributed by atoms with Crippen LogP contribution in [-0.2, 0) is 24.9 Å². The summed E-state index contributed by atoms with van der Waals surface area (Å²) < 4.78 is 47.2. The third-order valence-corrected chi connectivity index (χ3v) is 7.42. The number of nitrogens with one attached hydrogen (secondary N) is 1. The van der Waals surface area contributed by atoms with Crippen LogP contribution in [0, 0.1) is 0 Å². The smallest absolute Gasteiger partial charge is 0.416 e. The molecule has 0 atom stereocenters. The van der Waals surface area contributed by atoms with Gasteiger partial charge in [0.15, 0.2) is 5.16 Å². The number of carbonyl (C=O) groups excluding carboxylic acids is 1. The molecule has 194 valence electrons. The molecule has 0 saturated carbocycles. The van der Waals surface area contributed by atoms with Crippen LogP contribution in [0.1, 0.15) is 38.2 Å². The van der Waals surface area contributed by atoms with E-state index in [1.165, 1.54) is 35.4 Å². The molecule has 0 unspecified atom stereocenters. The Kier molecular flexibility index (Phi) is 7.61. The first-order valence-corrected chi connectivity index (χ1v) is 13.3. The highest BCUT2D eigenvalue weighted by molar-refractivity contribution is 7.98. The average Bonchev–Trinajstić information content (AvgIpc) is 3.68. The summed E-state index contributed by atoms with van der Waals surface area (Å²) in [6, 6.07) is 18.1. The van der Waals surface area contributed by atoms with Crippen molar-refractivity contribution in [3.63, 3.8) is 0 Å². The van der Waals surface area contributed by atoms with Crippen molar-refractivity contribution in [1.29, 1.82) is 0 Å². The maximum absolute atomic E-state index is 13.4. The third kappa shape index (κ3) is 6.14. The molecule has 5 aromatic rings. The second kappa shape index (κ2) is 11.2. The summed E-state index contributed by atoms with van der Waals surface area (Å²) in [5, 5.41) is 14.1. The fourth-order valence-corrected chi connectivity index (χ4v) is 5.41. The summed E-state index contributed by atoms with van der Waals surface area (Å²) in [5.74, 6) is 1.17. The maximum atomic E-state index is 13.4. The van der Waals surface area contributed by atoms with E-state index in [0.29, 0.717) is 39.6 Å². The first kappa shape index (κ1) is 25.7. The van der Waals surface area contributed by atoms with Crippen LogP contribution in [0.15, 0.2) is 87.9 Å². The predicted octanol–water partition coefficient (Wildman–Crippen LogP) is 6.15. The van der Waals surface area contributed by atoms with Crippen LogP contribution in [-0.4, -0.2) is 25.7 Å². The Morgan fingerprint density at radius 2 is 1.89 bits per heavy atom. The van der Waals surface area contributed by atoms with Gasteiger partial charge in [-0.15, -0.1) is 21.5 Å². The third-order valence-electron chi connectivity index (χ3n) is 5.45. The molecule has 1 N–H and O–H groups in total. The van der Waals surface area contributed by atoms with Gasteiger partial charge in [0.05, 0.1) is 29.8 Å². The summed E-state index contributed by atoms with van der Waals surface area (Å²) in [4.78, 5) is 16.8. The minimum Gasteiger partial charge on any atom is -0.467 e. The fourth-order valence-electron chi connectivity index (χ4n) is 3.65. The predicted molar refractivity (Wildman–Crippen MR) is 137 cm³/mol. The summed E-state index contributed by atoms with van der Waals surface area (Å²) in [7, 11) is 0. The van der Waals surface area contributed by atoms with Gasteiger partial charge in [-0.1, -0.05) is 48.2 Å². The van der Waals surface area contributed by atoms with E-state index in [4.69, 9.17) is 4.42 Å². The number of nitrogens with zero attached hydrogens (tertiary/aromatic N) is 4. The molecular formula is C26H20F3N5O2S2. The number of hydrogen-bond donors (Lipinski definition) is 1. The Morgan fingerprint density at radius 1 is 1.05 bits per heavy atom. The van der Waals surface area contributed by atoms with Gasteiger partial charge in [-0.3, -0.25) is 9.36 Å². The quantitative estimate of drug-likeness (QED) is 0.220. The highest BCUT2D eigenvalue weighted by Gasteiger charge is 2.31. The Balaban J connectivity index is 1.36. The van der Waals surface area contributed by atoms with Crippen molar-refractivity contribution in [3.8, 4) is 5.69 Å². The van der Waals surface area contributed by atoms with E-state index in [9.17, 15) is 18.0 Å². The van der Waals surface area contributed by atoms with Crippen LogP contribution in [0.5, 0.6) is 0 Å². The zero-order valence-electron chi connectivity index (χ0n) is 19.7. The van der Waals surface area contributed by atoms with Gasteiger partial charge < -0.3 is 9.73 Å². The summed E-state index contributed by atoms with van der Waals surface area (Å²) >= 11 is 2.60. The van der Waals surface area contributed by atoms with Crippen LogP contribution < -0.4 is 5.32 Å². The van der Waals surface area contributed by atoms with E-state index in [0.717, 1.165) is 17.7 Å². The van der Waals surface area contributed by atoms with Gasteiger partial charge in [-0.05, 0) is 35.9 Å². The van der Waals surface area contributed by atoms with Crippen molar-refractivity contribution in [2.75, 3.05) is 0 Å². The second-order valence-corrected chi connectivity index (χ2v) is 10.0. The zero-order valence-corrected chi connectivity index (χ0v) is 21.3. The lowest BCUT2D eigenvalue weighted by molar-refractivity contribution is -0.137. The average molecular weight is 556 g/mol. The minimum absolute atomic E-state index is 0.248. The first-order chi connectivity index (χ1) is 18.4. The molecule has 0 fully saturated rings. The molecule has 5 rings (SSSR count). The highest BCUT2D eigenvalue weighted by atomic mass is 32.2. The molecule has 0 aliphatic rings. The SMILES string of the molecule is O=C(NCc1ccco1)c1csc(CSc2nnc(Cc3ccccc3)n2-c2cccc(C(F)(F)F)c2)n1. The second-order valence-electron chi connectivity index (χ2n) is 8.12. The number of alkyl halides is 3. The Morgan fingerprint density at radius 3 is 2.66 bits per heavy atom. The number of furan rings is 1. The van der Waals surface area contributed by atoms with Gasteiger partial charge in [0.2, 0.25) is 0 Å². The van der Waals surface area contributed by atoms with E-state index >= 15 is 0 Å². The number of amides is 1. The lowest BCUT2D eigenvalue weighted by Gasteiger charge is -2.13. The van der Waals surface area contributed by atoms with Crippen molar-refractivity contribution < 1.29 is 22.4 Å². The molecule has 0 aliphatic carbocycles. The molecule has 1 amide bonds. The lowest BCUT2D eigenvalue weighted by atomic mass is 10.1. The van der Waals surface area contributed by atoms with Gasteiger partial charge in [0.25, 0.3) is 5.91 Å². The van der Waals surface area contributed by atoms with Crippen LogP contribution in [0.4, 0.5) is 13.2 Å². The molecule has 3 aromatic heterocycles. The first-order valence-electron chi connectivity index (χ1n) is 11.4. The van der Waals surface area contributed by atoms with Crippen LogP contribution >= 0.6 is 23.1 Å². The number of rotatable bonds is 9. The highest BCUT2D eigenvalue weighted by Crippen LogP contribution is 2.33. The number of thiazole rings is 1. The molecule has 3 heterocycles. The van der Waals surface area contributed by atoms with Crippen LogP contribution in [0.2, 0.25) is 0 Å². The van der Waals surface area contributed by atoms with Crippen molar-refractivity contribution >= 4 is 29.0 Å². The minimum atomic E-state index is -4.48.